The molecule has 0 amide bonds. The highest BCUT2D eigenvalue weighted by molar-refractivity contribution is 5.32. The summed E-state index contributed by atoms with van der Waals surface area (Å²) in [5.41, 5.74) is 0.905. The third kappa shape index (κ3) is 4.30. The van der Waals surface area contributed by atoms with E-state index in [0.717, 1.165) is 6.42 Å². The molecule has 3 aromatic rings. The topological polar surface area (TPSA) is 106 Å². The fourth-order valence-electron chi connectivity index (χ4n) is 3.01. The van der Waals surface area contributed by atoms with Crippen molar-refractivity contribution < 1.29 is 4.39 Å². The van der Waals surface area contributed by atoms with Gasteiger partial charge in [-0.2, -0.15) is 14.9 Å². The molecule has 1 aromatic carbocycles. The summed E-state index contributed by atoms with van der Waals surface area (Å²) >= 11 is 0. The van der Waals surface area contributed by atoms with E-state index in [4.69, 9.17) is 6.42 Å². The monoisotopic (exact) mass is 391 g/mol. The number of nitrogens with zero attached hydrogens (tertiary/aromatic N) is 8. The van der Waals surface area contributed by atoms with Gasteiger partial charge < -0.3 is 5.32 Å². The van der Waals surface area contributed by atoms with Crippen LogP contribution in [0.2, 0.25) is 0 Å². The minimum atomic E-state index is -0.424. The molecule has 0 aliphatic carbocycles. The number of aromatic nitrogens is 6. The van der Waals surface area contributed by atoms with Crippen LogP contribution in [0.5, 0.6) is 0 Å². The Morgan fingerprint density at radius 3 is 2.69 bits per heavy atom. The zero-order valence-corrected chi connectivity index (χ0v) is 15.5. The van der Waals surface area contributed by atoms with Crippen LogP contribution in [0.15, 0.2) is 53.1 Å². The molecule has 0 fully saturated rings. The molecular weight excluding hydrogens is 373 g/mol. The number of benzene rings is 1. The van der Waals surface area contributed by atoms with Crippen molar-refractivity contribution in [1.82, 2.24) is 35.5 Å². The summed E-state index contributed by atoms with van der Waals surface area (Å²) < 4.78 is 14.9. The van der Waals surface area contributed by atoms with Gasteiger partial charge in [-0.05, 0) is 34.7 Å². The third-order valence-electron chi connectivity index (χ3n) is 4.63. The van der Waals surface area contributed by atoms with Crippen molar-refractivity contribution in [2.24, 2.45) is 10.2 Å². The molecule has 2 aromatic heterocycles. The Kier molecular flexibility index (Phi) is 5.31. The first-order valence-electron chi connectivity index (χ1n) is 9.12. The van der Waals surface area contributed by atoms with E-state index in [1.54, 1.807) is 35.4 Å². The van der Waals surface area contributed by atoms with Crippen LogP contribution in [0.3, 0.4) is 0 Å². The first-order valence-corrected chi connectivity index (χ1v) is 9.12. The number of terminal acetylenes is 1. The molecule has 9 nitrogen and oxygen atoms in total. The largest absolute Gasteiger partial charge is 0.302 e. The van der Waals surface area contributed by atoms with Crippen molar-refractivity contribution in [3.05, 3.63) is 60.2 Å². The Bertz CT molecular complexity index is 1020. The summed E-state index contributed by atoms with van der Waals surface area (Å²) in [7, 11) is 0. The van der Waals surface area contributed by atoms with E-state index in [1.807, 2.05) is 0 Å². The fourth-order valence-corrected chi connectivity index (χ4v) is 3.01. The highest BCUT2D eigenvalue weighted by atomic mass is 19.1. The highest BCUT2D eigenvalue weighted by Crippen LogP contribution is 2.36. The van der Waals surface area contributed by atoms with E-state index in [1.165, 1.54) is 12.1 Å². The first-order chi connectivity index (χ1) is 14.2. The van der Waals surface area contributed by atoms with Crippen LogP contribution >= 0.6 is 0 Å². The zero-order chi connectivity index (χ0) is 20.1. The Morgan fingerprint density at radius 2 is 2.00 bits per heavy atom. The predicted octanol–water partition coefficient (Wildman–Crippen LogP) is 2.24. The van der Waals surface area contributed by atoms with Crippen molar-refractivity contribution in [3.8, 4) is 18.0 Å². The van der Waals surface area contributed by atoms with Crippen LogP contribution < -0.4 is 5.32 Å². The average Bonchev–Trinajstić information content (AvgIpc) is 3.36. The van der Waals surface area contributed by atoms with Crippen molar-refractivity contribution in [2.45, 2.75) is 31.0 Å². The van der Waals surface area contributed by atoms with E-state index in [9.17, 15) is 4.39 Å². The van der Waals surface area contributed by atoms with Gasteiger partial charge in [0, 0.05) is 38.2 Å². The molecule has 0 saturated heterocycles. The van der Waals surface area contributed by atoms with E-state index in [-0.39, 0.29) is 5.82 Å². The number of halogens is 1. The maximum atomic E-state index is 13.3. The summed E-state index contributed by atoms with van der Waals surface area (Å²) in [5, 5.41) is 23.8. The van der Waals surface area contributed by atoms with Gasteiger partial charge in [-0.15, -0.1) is 17.4 Å². The minimum Gasteiger partial charge on any atom is -0.302 e. The van der Waals surface area contributed by atoms with Crippen molar-refractivity contribution in [1.29, 1.82) is 0 Å². The number of tetrazole rings is 1. The molecule has 1 N–H and O–H groups in total. The normalized spacial score (nSPS) is 15.0. The number of rotatable bonds is 9. The second-order valence-corrected chi connectivity index (χ2v) is 6.58. The molecule has 3 heterocycles. The maximum Gasteiger partial charge on any atom is 0.193 e. The lowest BCUT2D eigenvalue weighted by Crippen LogP contribution is -2.30. The molecule has 0 spiro atoms. The second kappa shape index (κ2) is 8.20. The van der Waals surface area contributed by atoms with Gasteiger partial charge in [0.2, 0.25) is 0 Å². The van der Waals surface area contributed by atoms with Gasteiger partial charge in [0.05, 0.1) is 17.6 Å². The highest BCUT2D eigenvalue weighted by Gasteiger charge is 2.39. The standard InChI is InChI=1S/C19H18FN9/c1-2-3-8-19(25-26-19)9-10-23-17(16-13-21-11-12-22-16)18-24-27-28-29(18)15-6-4-14(20)5-7-15/h1,4-7,11-13,17,23H,3,8-10H2. The smallest absolute Gasteiger partial charge is 0.193 e. The van der Waals surface area contributed by atoms with Gasteiger partial charge >= 0.3 is 0 Å². The summed E-state index contributed by atoms with van der Waals surface area (Å²) in [5.74, 6) is 2.81. The van der Waals surface area contributed by atoms with Crippen LogP contribution in [0.25, 0.3) is 5.69 Å². The van der Waals surface area contributed by atoms with Gasteiger partial charge in [0.25, 0.3) is 0 Å². The number of nitrogens with one attached hydrogen (secondary N) is 1. The maximum absolute atomic E-state index is 13.3. The van der Waals surface area contributed by atoms with Gasteiger partial charge in [0.1, 0.15) is 11.9 Å². The van der Waals surface area contributed by atoms with Crippen LogP contribution in [-0.4, -0.2) is 42.4 Å². The molecule has 0 radical (unpaired) electrons. The number of hydrogen-bond acceptors (Lipinski definition) is 8. The molecular formula is C19H18FN9. The van der Waals surface area contributed by atoms with Crippen molar-refractivity contribution in [3.63, 3.8) is 0 Å². The van der Waals surface area contributed by atoms with Gasteiger partial charge in [-0.25, -0.2) is 4.39 Å². The molecule has 10 heteroatoms. The molecule has 1 unspecified atom stereocenters. The Morgan fingerprint density at radius 1 is 1.17 bits per heavy atom. The lowest BCUT2D eigenvalue weighted by atomic mass is 10.0. The predicted molar refractivity (Wildman–Crippen MR) is 101 cm³/mol. The van der Waals surface area contributed by atoms with E-state index < -0.39 is 11.7 Å². The first kappa shape index (κ1) is 18.8. The van der Waals surface area contributed by atoms with E-state index >= 15 is 0 Å². The molecule has 1 atom stereocenters. The lowest BCUT2D eigenvalue weighted by Gasteiger charge is -2.18. The van der Waals surface area contributed by atoms with Crippen LogP contribution in [0.1, 0.15) is 36.8 Å². The minimum absolute atomic E-state index is 0.332. The molecule has 4 rings (SSSR count). The SMILES string of the molecule is C#CCCC1(CCNC(c2cnccn2)c2nnnn2-c2ccc(F)cc2)N=N1. The lowest BCUT2D eigenvalue weighted by molar-refractivity contribution is 0.459. The third-order valence-corrected chi connectivity index (χ3v) is 4.63. The second-order valence-electron chi connectivity index (χ2n) is 6.58. The Balaban J connectivity index is 1.56. The van der Waals surface area contributed by atoms with Gasteiger partial charge in [0.15, 0.2) is 11.5 Å². The van der Waals surface area contributed by atoms with Gasteiger partial charge in [-0.1, -0.05) is 0 Å². The summed E-state index contributed by atoms with van der Waals surface area (Å²) in [6.07, 6.45) is 12.3. The van der Waals surface area contributed by atoms with Crippen LogP contribution in [-0.2, 0) is 0 Å². The fraction of sp³-hybridized carbons (Fsp3) is 0.316. The molecule has 1 aliphatic heterocycles. The molecule has 1 aliphatic rings. The summed E-state index contributed by atoms with van der Waals surface area (Å²) in [4.78, 5) is 8.55. The van der Waals surface area contributed by atoms with Crippen LogP contribution in [0.4, 0.5) is 4.39 Å². The van der Waals surface area contributed by atoms with Crippen molar-refractivity contribution >= 4 is 0 Å². The average molecular weight is 391 g/mol. The van der Waals surface area contributed by atoms with Crippen LogP contribution in [0, 0.1) is 18.2 Å². The summed E-state index contributed by atoms with van der Waals surface area (Å²) in [6, 6.07) is 5.51. The van der Waals surface area contributed by atoms with E-state index in [2.05, 4.69) is 47.0 Å². The Hall–Kier alpha value is -3.58. The molecule has 0 saturated carbocycles. The molecule has 146 valence electrons. The molecule has 0 bridgehead atoms. The van der Waals surface area contributed by atoms with Crippen molar-refractivity contribution in [2.75, 3.05) is 6.54 Å². The quantitative estimate of drug-likeness (QED) is 0.561. The Labute approximate surface area is 166 Å². The van der Waals surface area contributed by atoms with Gasteiger partial charge in [-0.3, -0.25) is 9.97 Å². The zero-order valence-electron chi connectivity index (χ0n) is 15.5. The molecule has 29 heavy (non-hydrogen) atoms. The number of hydrogen-bond donors (Lipinski definition) is 1. The summed E-state index contributed by atoms with van der Waals surface area (Å²) in [6.45, 7) is 0.592. The van der Waals surface area contributed by atoms with E-state index in [0.29, 0.717) is 36.6 Å².